The Kier molecular flexibility index (Phi) is 4.66. The van der Waals surface area contributed by atoms with Gasteiger partial charge in [-0.3, -0.25) is 0 Å². The molecule has 1 aromatic heterocycles. The average Bonchev–Trinajstić information content (AvgIpc) is 2.63. The second-order valence-electron chi connectivity index (χ2n) is 5.22. The summed E-state index contributed by atoms with van der Waals surface area (Å²) in [6, 6.07) is 24.4. The van der Waals surface area contributed by atoms with E-state index >= 15 is 0 Å². The van der Waals surface area contributed by atoms with Gasteiger partial charge in [0.2, 0.25) is 0 Å². The molecular weight excluding hydrogens is 282 g/mol. The van der Waals surface area contributed by atoms with E-state index in [-0.39, 0.29) is 0 Å². The van der Waals surface area contributed by atoms with Crippen molar-refractivity contribution in [3.63, 3.8) is 0 Å². The van der Waals surface area contributed by atoms with Crippen LogP contribution in [0.3, 0.4) is 0 Å². The summed E-state index contributed by atoms with van der Waals surface area (Å²) in [5.74, 6) is 0.643. The zero-order chi connectivity index (χ0) is 15.9. The zero-order valence-corrected chi connectivity index (χ0v) is 12.7. The van der Waals surface area contributed by atoms with Crippen molar-refractivity contribution in [1.29, 1.82) is 5.26 Å². The molecule has 2 aromatic carbocycles. The van der Waals surface area contributed by atoms with Crippen LogP contribution in [0.4, 0.5) is 5.82 Å². The number of benzene rings is 2. The Bertz CT molecular complexity index is 805. The first-order valence-electron chi connectivity index (χ1n) is 7.61. The van der Waals surface area contributed by atoms with E-state index in [1.165, 1.54) is 5.56 Å². The monoisotopic (exact) mass is 299 g/mol. The molecule has 0 aliphatic heterocycles. The molecule has 112 valence electrons. The highest BCUT2D eigenvalue weighted by Crippen LogP contribution is 2.26. The quantitative estimate of drug-likeness (QED) is 0.765. The van der Waals surface area contributed by atoms with Gasteiger partial charge in [-0.1, -0.05) is 60.7 Å². The number of hydrogen-bond donors (Lipinski definition) is 1. The Hall–Kier alpha value is -3.12. The lowest BCUT2D eigenvalue weighted by atomic mass is 10.0. The molecule has 1 heterocycles. The molecule has 0 spiro atoms. The minimum atomic E-state index is 0.590. The molecule has 0 atom stereocenters. The SMILES string of the molecule is N#Cc1c(-c2ccccc2)ccnc1NCCc1ccccc1. The molecule has 0 fully saturated rings. The van der Waals surface area contributed by atoms with Crippen LogP contribution in [0, 0.1) is 11.3 Å². The lowest BCUT2D eigenvalue weighted by molar-refractivity contribution is 1.00. The van der Waals surface area contributed by atoms with Gasteiger partial charge in [0.1, 0.15) is 17.5 Å². The molecule has 0 saturated carbocycles. The van der Waals surface area contributed by atoms with Gasteiger partial charge >= 0.3 is 0 Å². The van der Waals surface area contributed by atoms with Crippen LogP contribution < -0.4 is 5.32 Å². The summed E-state index contributed by atoms with van der Waals surface area (Å²) in [5, 5.41) is 12.8. The van der Waals surface area contributed by atoms with Crippen LogP contribution in [0.1, 0.15) is 11.1 Å². The molecule has 0 aliphatic carbocycles. The Morgan fingerprint density at radius 2 is 1.61 bits per heavy atom. The smallest absolute Gasteiger partial charge is 0.144 e. The van der Waals surface area contributed by atoms with Crippen LogP contribution in [0.5, 0.6) is 0 Å². The number of nitriles is 1. The second kappa shape index (κ2) is 7.24. The van der Waals surface area contributed by atoms with Crippen LogP contribution in [0.2, 0.25) is 0 Å². The molecule has 3 aromatic rings. The second-order valence-corrected chi connectivity index (χ2v) is 5.22. The Labute approximate surface area is 136 Å². The number of aromatic nitrogens is 1. The third-order valence-corrected chi connectivity index (χ3v) is 3.70. The van der Waals surface area contributed by atoms with Crippen molar-refractivity contribution in [2.45, 2.75) is 6.42 Å². The fraction of sp³-hybridized carbons (Fsp3) is 0.100. The van der Waals surface area contributed by atoms with Gasteiger partial charge in [0.15, 0.2) is 0 Å². The summed E-state index contributed by atoms with van der Waals surface area (Å²) >= 11 is 0. The van der Waals surface area contributed by atoms with Gasteiger partial charge in [-0.15, -0.1) is 0 Å². The largest absolute Gasteiger partial charge is 0.369 e. The standard InChI is InChI=1S/C20H17N3/c21-15-19-18(17-9-5-2-6-10-17)12-14-23-20(19)22-13-11-16-7-3-1-4-8-16/h1-10,12,14H,11,13H2,(H,22,23). The number of nitrogens with one attached hydrogen (secondary N) is 1. The number of anilines is 1. The minimum absolute atomic E-state index is 0.590. The normalized spacial score (nSPS) is 10.0. The number of pyridine rings is 1. The van der Waals surface area contributed by atoms with Crippen molar-refractivity contribution in [2.75, 3.05) is 11.9 Å². The number of rotatable bonds is 5. The molecule has 23 heavy (non-hydrogen) atoms. The third-order valence-electron chi connectivity index (χ3n) is 3.70. The van der Waals surface area contributed by atoms with Crippen molar-refractivity contribution < 1.29 is 0 Å². The molecule has 0 bridgehead atoms. The molecule has 0 aliphatic rings. The highest BCUT2D eigenvalue weighted by atomic mass is 15.0. The summed E-state index contributed by atoms with van der Waals surface area (Å²) < 4.78 is 0. The molecule has 0 amide bonds. The Balaban J connectivity index is 1.79. The van der Waals surface area contributed by atoms with Gasteiger partial charge in [0.05, 0.1) is 0 Å². The molecule has 3 nitrogen and oxygen atoms in total. The van der Waals surface area contributed by atoms with E-state index < -0.39 is 0 Å². The first-order valence-corrected chi connectivity index (χ1v) is 7.61. The maximum Gasteiger partial charge on any atom is 0.144 e. The van der Waals surface area contributed by atoms with Gasteiger partial charge in [0, 0.05) is 18.3 Å². The first-order chi connectivity index (χ1) is 11.4. The van der Waals surface area contributed by atoms with Gasteiger partial charge in [-0.05, 0) is 23.6 Å². The number of nitrogens with zero attached hydrogens (tertiary/aromatic N) is 2. The maximum absolute atomic E-state index is 9.55. The summed E-state index contributed by atoms with van der Waals surface area (Å²) in [6.45, 7) is 0.740. The zero-order valence-electron chi connectivity index (χ0n) is 12.7. The molecule has 0 unspecified atom stereocenters. The van der Waals surface area contributed by atoms with Gasteiger partial charge in [-0.2, -0.15) is 5.26 Å². The highest BCUT2D eigenvalue weighted by molar-refractivity contribution is 5.75. The van der Waals surface area contributed by atoms with Crippen molar-refractivity contribution in [2.24, 2.45) is 0 Å². The van der Waals surface area contributed by atoms with Crippen LogP contribution in [-0.4, -0.2) is 11.5 Å². The maximum atomic E-state index is 9.55. The molecule has 0 saturated heterocycles. The van der Waals surface area contributed by atoms with Gasteiger partial charge < -0.3 is 5.32 Å². The molecule has 0 radical (unpaired) electrons. The van der Waals surface area contributed by atoms with E-state index in [1.54, 1.807) is 6.20 Å². The van der Waals surface area contributed by atoms with E-state index in [0.717, 1.165) is 24.1 Å². The topological polar surface area (TPSA) is 48.7 Å². The third kappa shape index (κ3) is 3.56. The van der Waals surface area contributed by atoms with E-state index in [0.29, 0.717) is 11.4 Å². The average molecular weight is 299 g/mol. The number of hydrogen-bond acceptors (Lipinski definition) is 3. The summed E-state index contributed by atoms with van der Waals surface area (Å²) in [4.78, 5) is 4.33. The van der Waals surface area contributed by atoms with Crippen LogP contribution >= 0.6 is 0 Å². The summed E-state index contributed by atoms with van der Waals surface area (Å²) in [5.41, 5.74) is 3.78. The van der Waals surface area contributed by atoms with Gasteiger partial charge in [-0.25, -0.2) is 4.98 Å². The van der Waals surface area contributed by atoms with E-state index in [2.05, 4.69) is 28.5 Å². The predicted molar refractivity (Wildman–Crippen MR) is 93.0 cm³/mol. The van der Waals surface area contributed by atoms with E-state index in [9.17, 15) is 5.26 Å². The molecule has 3 heteroatoms. The van der Waals surface area contributed by atoms with Crippen LogP contribution in [0.15, 0.2) is 72.9 Å². The summed E-state index contributed by atoms with van der Waals surface area (Å²) in [6.07, 6.45) is 2.64. The first kappa shape index (κ1) is 14.8. The Morgan fingerprint density at radius 1 is 0.913 bits per heavy atom. The molecule has 3 rings (SSSR count). The van der Waals surface area contributed by atoms with Crippen LogP contribution in [-0.2, 0) is 6.42 Å². The van der Waals surface area contributed by atoms with Gasteiger partial charge in [0.25, 0.3) is 0 Å². The van der Waals surface area contributed by atoms with Crippen molar-refractivity contribution in [3.8, 4) is 17.2 Å². The highest BCUT2D eigenvalue weighted by Gasteiger charge is 2.10. The van der Waals surface area contributed by atoms with E-state index in [1.807, 2.05) is 54.6 Å². The van der Waals surface area contributed by atoms with Crippen molar-refractivity contribution in [3.05, 3.63) is 84.1 Å². The molecule has 1 N–H and O–H groups in total. The minimum Gasteiger partial charge on any atom is -0.369 e. The Morgan fingerprint density at radius 3 is 2.30 bits per heavy atom. The lowest BCUT2D eigenvalue weighted by Gasteiger charge is -2.11. The van der Waals surface area contributed by atoms with Crippen molar-refractivity contribution in [1.82, 2.24) is 4.98 Å². The summed E-state index contributed by atoms with van der Waals surface area (Å²) in [7, 11) is 0. The molecular formula is C20H17N3. The lowest BCUT2D eigenvalue weighted by Crippen LogP contribution is -2.08. The van der Waals surface area contributed by atoms with E-state index in [4.69, 9.17) is 0 Å². The van der Waals surface area contributed by atoms with Crippen LogP contribution in [0.25, 0.3) is 11.1 Å². The fourth-order valence-electron chi connectivity index (χ4n) is 2.54. The fourth-order valence-corrected chi connectivity index (χ4v) is 2.54. The predicted octanol–water partition coefficient (Wildman–Crippen LogP) is 4.27. The van der Waals surface area contributed by atoms with Crippen molar-refractivity contribution >= 4 is 5.82 Å².